The lowest BCUT2D eigenvalue weighted by atomic mass is 9.99. The molecule has 164 valence electrons. The molecule has 4 rings (SSSR count). The van der Waals surface area contributed by atoms with Crippen molar-refractivity contribution >= 4 is 22.8 Å². The van der Waals surface area contributed by atoms with Crippen molar-refractivity contribution in [1.82, 2.24) is 14.8 Å². The molecule has 3 aromatic rings. The van der Waals surface area contributed by atoms with E-state index in [1.807, 2.05) is 4.90 Å². The normalized spacial score (nSPS) is 14.5. The maximum atomic E-state index is 12.4. The fourth-order valence-corrected chi connectivity index (χ4v) is 3.45. The van der Waals surface area contributed by atoms with Crippen LogP contribution in [0.4, 0.5) is 23.7 Å². The highest BCUT2D eigenvalue weighted by Gasteiger charge is 2.31. The molecule has 3 N–H and O–H groups in total. The molecule has 0 spiro atoms. The third kappa shape index (κ3) is 4.33. The average Bonchev–Trinajstić information content (AvgIpc) is 3.04. The minimum absolute atomic E-state index is 0.0774. The standard InChI is InChI=1S/C19H18F3N5O4/c20-19(21,22)31-13-3-1-12(2-4-13)27-17-16(14(25-27)10-30-18(23)29)15(5-6-24-17)26-7-11(8-26)9-28/h1-6,11,28H,7-10H2,(H2,23,29). The zero-order valence-corrected chi connectivity index (χ0v) is 16.0. The van der Waals surface area contributed by atoms with Gasteiger partial charge in [0.15, 0.2) is 5.65 Å². The van der Waals surface area contributed by atoms with Crippen LogP contribution in [0.25, 0.3) is 16.7 Å². The van der Waals surface area contributed by atoms with E-state index in [-0.39, 0.29) is 24.9 Å². The first kappa shape index (κ1) is 20.7. The monoisotopic (exact) mass is 437 g/mol. The number of ether oxygens (including phenoxy) is 2. The largest absolute Gasteiger partial charge is 0.573 e. The Morgan fingerprint density at radius 3 is 2.55 bits per heavy atom. The Balaban J connectivity index is 1.74. The SMILES string of the molecule is NC(=O)OCc1nn(-c2ccc(OC(F)(F)F)cc2)c2nccc(N3CC(CO)C3)c12. The molecule has 0 bridgehead atoms. The molecule has 3 heterocycles. The minimum Gasteiger partial charge on any atom is -0.443 e. The number of hydrogen-bond acceptors (Lipinski definition) is 7. The number of amides is 1. The number of carbonyl (C=O) groups is 1. The average molecular weight is 437 g/mol. The summed E-state index contributed by atoms with van der Waals surface area (Å²) >= 11 is 0. The predicted molar refractivity (Wildman–Crippen MR) is 103 cm³/mol. The second-order valence-electron chi connectivity index (χ2n) is 6.99. The summed E-state index contributed by atoms with van der Waals surface area (Å²) in [5, 5.41) is 14.4. The molecule has 1 fully saturated rings. The Bertz CT molecular complexity index is 1090. The molecular formula is C19H18F3N5O4. The van der Waals surface area contributed by atoms with Gasteiger partial charge < -0.3 is 25.2 Å². The highest BCUT2D eigenvalue weighted by Crippen LogP contribution is 2.34. The lowest BCUT2D eigenvalue weighted by Crippen LogP contribution is -2.48. The number of hydrogen-bond donors (Lipinski definition) is 2. The minimum atomic E-state index is -4.79. The van der Waals surface area contributed by atoms with E-state index in [1.54, 1.807) is 12.3 Å². The number of halogens is 3. The molecule has 0 aliphatic carbocycles. The van der Waals surface area contributed by atoms with Crippen molar-refractivity contribution in [2.45, 2.75) is 13.0 Å². The van der Waals surface area contributed by atoms with Crippen LogP contribution in [0.15, 0.2) is 36.5 Å². The molecule has 1 amide bonds. The molecule has 1 aliphatic heterocycles. The number of alkyl halides is 3. The Labute approximate surface area is 173 Å². The Morgan fingerprint density at radius 2 is 1.94 bits per heavy atom. The van der Waals surface area contributed by atoms with Gasteiger partial charge in [0, 0.05) is 31.8 Å². The summed E-state index contributed by atoms with van der Waals surface area (Å²) in [5.74, 6) is -0.209. The molecule has 2 aromatic heterocycles. The first-order valence-electron chi connectivity index (χ1n) is 9.26. The van der Waals surface area contributed by atoms with Crippen LogP contribution in [0, 0.1) is 5.92 Å². The maximum Gasteiger partial charge on any atom is 0.573 e. The van der Waals surface area contributed by atoms with Gasteiger partial charge in [-0.05, 0) is 30.3 Å². The van der Waals surface area contributed by atoms with Crippen molar-refractivity contribution in [2.24, 2.45) is 11.7 Å². The summed E-state index contributed by atoms with van der Waals surface area (Å²) in [6, 6.07) is 6.94. The third-order valence-corrected chi connectivity index (χ3v) is 4.84. The Hall–Kier alpha value is -3.54. The molecule has 0 atom stereocenters. The van der Waals surface area contributed by atoms with Crippen molar-refractivity contribution < 1.29 is 32.5 Å². The molecule has 31 heavy (non-hydrogen) atoms. The number of nitrogens with two attached hydrogens (primary N) is 1. The number of rotatable bonds is 6. The fourth-order valence-electron chi connectivity index (χ4n) is 3.45. The number of benzene rings is 1. The molecule has 0 unspecified atom stereocenters. The van der Waals surface area contributed by atoms with Crippen molar-refractivity contribution in [3.63, 3.8) is 0 Å². The quantitative estimate of drug-likeness (QED) is 0.608. The number of aliphatic hydroxyl groups is 1. The smallest absolute Gasteiger partial charge is 0.443 e. The number of primary amides is 1. The van der Waals surface area contributed by atoms with E-state index < -0.39 is 12.5 Å². The van der Waals surface area contributed by atoms with Gasteiger partial charge in [0.05, 0.1) is 16.8 Å². The van der Waals surface area contributed by atoms with Crippen LogP contribution >= 0.6 is 0 Å². The van der Waals surface area contributed by atoms with Crippen LogP contribution in [0.2, 0.25) is 0 Å². The van der Waals surface area contributed by atoms with Gasteiger partial charge in [-0.1, -0.05) is 0 Å². The molecule has 0 saturated carbocycles. The van der Waals surface area contributed by atoms with Gasteiger partial charge in [-0.2, -0.15) is 5.10 Å². The van der Waals surface area contributed by atoms with Gasteiger partial charge in [0.25, 0.3) is 0 Å². The lowest BCUT2D eigenvalue weighted by molar-refractivity contribution is -0.274. The number of fused-ring (bicyclic) bond motifs is 1. The molecule has 9 nitrogen and oxygen atoms in total. The second kappa shape index (κ2) is 7.95. The number of aliphatic hydroxyl groups excluding tert-OH is 1. The zero-order valence-electron chi connectivity index (χ0n) is 16.0. The number of aromatic nitrogens is 3. The van der Waals surface area contributed by atoms with E-state index >= 15 is 0 Å². The van der Waals surface area contributed by atoms with Crippen molar-refractivity contribution in [3.05, 3.63) is 42.2 Å². The summed E-state index contributed by atoms with van der Waals surface area (Å²) in [4.78, 5) is 17.5. The summed E-state index contributed by atoms with van der Waals surface area (Å²) in [6.45, 7) is 1.15. The first-order chi connectivity index (χ1) is 14.7. The topological polar surface area (TPSA) is 116 Å². The number of nitrogens with zero attached hydrogens (tertiary/aromatic N) is 4. The van der Waals surface area contributed by atoms with Gasteiger partial charge in [0.1, 0.15) is 18.1 Å². The van der Waals surface area contributed by atoms with Crippen LogP contribution in [0.5, 0.6) is 5.75 Å². The molecule has 1 saturated heterocycles. The highest BCUT2D eigenvalue weighted by molar-refractivity contribution is 5.93. The van der Waals surface area contributed by atoms with E-state index in [0.717, 1.165) is 5.69 Å². The van der Waals surface area contributed by atoms with Crippen molar-refractivity contribution in [1.29, 1.82) is 0 Å². The number of carbonyl (C=O) groups excluding carboxylic acids is 1. The van der Waals surface area contributed by atoms with Gasteiger partial charge >= 0.3 is 12.5 Å². The third-order valence-electron chi connectivity index (χ3n) is 4.84. The zero-order chi connectivity index (χ0) is 22.2. The van der Waals surface area contributed by atoms with Crippen LogP contribution in [-0.2, 0) is 11.3 Å². The number of pyridine rings is 1. The molecular weight excluding hydrogens is 419 g/mol. The van der Waals surface area contributed by atoms with Gasteiger partial charge in [0.2, 0.25) is 0 Å². The van der Waals surface area contributed by atoms with Gasteiger partial charge in [-0.3, -0.25) is 0 Å². The van der Waals surface area contributed by atoms with Gasteiger partial charge in [-0.15, -0.1) is 13.2 Å². The summed E-state index contributed by atoms with van der Waals surface area (Å²) in [7, 11) is 0. The van der Waals surface area contributed by atoms with E-state index in [0.29, 0.717) is 35.5 Å². The molecule has 1 aromatic carbocycles. The Morgan fingerprint density at radius 1 is 1.23 bits per heavy atom. The van der Waals surface area contributed by atoms with Crippen LogP contribution in [-0.4, -0.2) is 52.0 Å². The second-order valence-corrected chi connectivity index (χ2v) is 6.99. The first-order valence-corrected chi connectivity index (χ1v) is 9.26. The van der Waals surface area contributed by atoms with Crippen LogP contribution in [0.3, 0.4) is 0 Å². The van der Waals surface area contributed by atoms with E-state index in [1.165, 1.54) is 28.9 Å². The summed E-state index contributed by atoms with van der Waals surface area (Å²) < 4.78 is 47.5. The van der Waals surface area contributed by atoms with Crippen molar-refractivity contribution in [3.8, 4) is 11.4 Å². The summed E-state index contributed by atoms with van der Waals surface area (Å²) in [5.41, 5.74) is 7.13. The Kier molecular flexibility index (Phi) is 5.31. The molecule has 0 radical (unpaired) electrons. The predicted octanol–water partition coefficient (Wildman–Crippen LogP) is 2.34. The lowest BCUT2D eigenvalue weighted by Gasteiger charge is -2.40. The highest BCUT2D eigenvalue weighted by atomic mass is 19.4. The van der Waals surface area contributed by atoms with Crippen LogP contribution in [0.1, 0.15) is 5.69 Å². The fraction of sp³-hybridized carbons (Fsp3) is 0.316. The van der Waals surface area contributed by atoms with E-state index in [2.05, 4.69) is 14.8 Å². The van der Waals surface area contributed by atoms with E-state index in [4.69, 9.17) is 10.5 Å². The van der Waals surface area contributed by atoms with Crippen molar-refractivity contribution in [2.75, 3.05) is 24.6 Å². The van der Waals surface area contributed by atoms with E-state index in [9.17, 15) is 23.1 Å². The number of anilines is 1. The van der Waals surface area contributed by atoms with Crippen LogP contribution < -0.4 is 15.4 Å². The maximum absolute atomic E-state index is 12.4. The summed E-state index contributed by atoms with van der Waals surface area (Å²) in [6.07, 6.45) is -4.17. The molecule has 1 aliphatic rings. The van der Waals surface area contributed by atoms with Gasteiger partial charge in [-0.25, -0.2) is 14.5 Å². The molecule has 12 heteroatoms.